The molecule has 186 valence electrons. The molecule has 0 aliphatic heterocycles. The van der Waals surface area contributed by atoms with E-state index in [4.69, 9.17) is 14.6 Å². The van der Waals surface area contributed by atoms with E-state index in [-0.39, 0.29) is 36.1 Å². The van der Waals surface area contributed by atoms with Crippen LogP contribution in [0.1, 0.15) is 34.5 Å². The maximum absolute atomic E-state index is 13.9. The van der Waals surface area contributed by atoms with Crippen LogP contribution in [0.2, 0.25) is 0 Å². The van der Waals surface area contributed by atoms with E-state index in [1.165, 1.54) is 6.07 Å². The molecule has 10 heteroatoms. The van der Waals surface area contributed by atoms with Gasteiger partial charge in [0.15, 0.2) is 11.6 Å². The minimum atomic E-state index is -4.75. The number of carbonyl (C=O) groups is 1. The number of carboxylic acid groups (broad SMARTS) is 1. The Morgan fingerprint density at radius 1 is 1.03 bits per heavy atom. The molecule has 1 unspecified atom stereocenters. The summed E-state index contributed by atoms with van der Waals surface area (Å²) < 4.78 is 78.7. The van der Waals surface area contributed by atoms with Crippen LogP contribution in [0.5, 0.6) is 11.5 Å². The van der Waals surface area contributed by atoms with Gasteiger partial charge >= 0.3 is 12.1 Å². The summed E-state index contributed by atoms with van der Waals surface area (Å²) in [5.41, 5.74) is -1.53. The average molecular weight is 495 g/mol. The van der Waals surface area contributed by atoms with Crippen molar-refractivity contribution in [3.63, 3.8) is 0 Å². The summed E-state index contributed by atoms with van der Waals surface area (Å²) in [5, 5.41) is 12.3. The van der Waals surface area contributed by atoms with E-state index in [0.29, 0.717) is 17.9 Å². The van der Waals surface area contributed by atoms with Gasteiger partial charge in [0.2, 0.25) is 0 Å². The molecular formula is C25H22F5NO4. The fourth-order valence-corrected chi connectivity index (χ4v) is 3.40. The lowest BCUT2D eigenvalue weighted by atomic mass is 9.99. The first-order chi connectivity index (χ1) is 16.5. The van der Waals surface area contributed by atoms with Crippen molar-refractivity contribution in [2.45, 2.75) is 19.1 Å². The molecule has 3 aromatic rings. The first kappa shape index (κ1) is 26.0. The van der Waals surface area contributed by atoms with Gasteiger partial charge in [-0.3, -0.25) is 0 Å². The summed E-state index contributed by atoms with van der Waals surface area (Å²) in [6.45, 7) is 2.20. The molecule has 1 atom stereocenters. The maximum atomic E-state index is 13.9. The molecule has 0 radical (unpaired) electrons. The van der Waals surface area contributed by atoms with Crippen LogP contribution in [0.15, 0.2) is 54.6 Å². The standard InChI is InChI=1S/C25H22F5NO4/c1-14(15-4-3-5-19(9-15)34-2)31-6-7-35-20-10-16(8-18(13-20)25(28,29)30)17-11-21(24(32)33)23(27)22(26)12-17/h3-5,8-14,31H,6-7H2,1-2H3,(H,32,33). The summed E-state index contributed by atoms with van der Waals surface area (Å²) in [5.74, 6) is -4.31. The number of rotatable bonds is 9. The highest BCUT2D eigenvalue weighted by Gasteiger charge is 2.32. The van der Waals surface area contributed by atoms with Gasteiger partial charge in [0, 0.05) is 12.6 Å². The van der Waals surface area contributed by atoms with Gasteiger partial charge in [-0.2, -0.15) is 13.2 Å². The van der Waals surface area contributed by atoms with Crippen molar-refractivity contribution in [3.05, 3.63) is 82.9 Å². The lowest BCUT2D eigenvalue weighted by molar-refractivity contribution is -0.137. The Hall–Kier alpha value is -3.66. The Labute approximate surface area is 198 Å². The normalized spacial score (nSPS) is 12.3. The van der Waals surface area contributed by atoms with Crippen LogP contribution in [-0.2, 0) is 6.18 Å². The molecule has 3 rings (SSSR count). The predicted octanol–water partition coefficient (Wildman–Crippen LogP) is 6.09. The number of carboxylic acids is 1. The number of methoxy groups -OCH3 is 1. The van der Waals surface area contributed by atoms with Crippen molar-refractivity contribution in [2.24, 2.45) is 0 Å². The Morgan fingerprint density at radius 3 is 2.40 bits per heavy atom. The van der Waals surface area contributed by atoms with Crippen LogP contribution in [0.4, 0.5) is 22.0 Å². The van der Waals surface area contributed by atoms with E-state index in [2.05, 4.69) is 5.32 Å². The largest absolute Gasteiger partial charge is 0.497 e. The summed E-state index contributed by atoms with van der Waals surface area (Å²) in [7, 11) is 1.55. The van der Waals surface area contributed by atoms with Crippen molar-refractivity contribution in [1.82, 2.24) is 5.32 Å². The highest BCUT2D eigenvalue weighted by atomic mass is 19.4. The summed E-state index contributed by atoms with van der Waals surface area (Å²) in [4.78, 5) is 11.2. The Kier molecular flexibility index (Phi) is 7.96. The lowest BCUT2D eigenvalue weighted by Crippen LogP contribution is -2.24. The zero-order valence-electron chi connectivity index (χ0n) is 18.7. The van der Waals surface area contributed by atoms with E-state index < -0.39 is 34.9 Å². The molecule has 0 fully saturated rings. The molecule has 0 aromatic heterocycles. The van der Waals surface area contributed by atoms with Crippen molar-refractivity contribution in [3.8, 4) is 22.6 Å². The van der Waals surface area contributed by atoms with Gasteiger partial charge in [-0.25, -0.2) is 13.6 Å². The van der Waals surface area contributed by atoms with Gasteiger partial charge in [0.05, 0.1) is 18.2 Å². The number of aromatic carboxylic acids is 1. The number of nitrogens with one attached hydrogen (secondary N) is 1. The molecule has 0 saturated heterocycles. The summed E-state index contributed by atoms with van der Waals surface area (Å²) in [6.07, 6.45) is -4.75. The van der Waals surface area contributed by atoms with Gasteiger partial charge in [-0.15, -0.1) is 0 Å². The van der Waals surface area contributed by atoms with Crippen molar-refractivity contribution < 1.29 is 41.3 Å². The van der Waals surface area contributed by atoms with E-state index >= 15 is 0 Å². The van der Waals surface area contributed by atoms with E-state index in [9.17, 15) is 26.7 Å². The smallest absolute Gasteiger partial charge is 0.416 e. The van der Waals surface area contributed by atoms with E-state index in [0.717, 1.165) is 17.7 Å². The number of hydrogen-bond acceptors (Lipinski definition) is 4. The molecule has 3 aromatic carbocycles. The van der Waals surface area contributed by atoms with Gasteiger partial charge in [-0.05, 0) is 66.1 Å². The zero-order chi connectivity index (χ0) is 25.8. The van der Waals surface area contributed by atoms with Crippen LogP contribution >= 0.6 is 0 Å². The van der Waals surface area contributed by atoms with Crippen molar-refractivity contribution in [1.29, 1.82) is 0 Å². The number of alkyl halides is 3. The monoisotopic (exact) mass is 495 g/mol. The third-order valence-electron chi connectivity index (χ3n) is 5.24. The van der Waals surface area contributed by atoms with Crippen LogP contribution < -0.4 is 14.8 Å². The second-order valence-corrected chi connectivity index (χ2v) is 7.67. The molecule has 0 aliphatic rings. The van der Waals surface area contributed by atoms with Crippen molar-refractivity contribution >= 4 is 5.97 Å². The maximum Gasteiger partial charge on any atom is 0.416 e. The second-order valence-electron chi connectivity index (χ2n) is 7.67. The predicted molar refractivity (Wildman–Crippen MR) is 119 cm³/mol. The quantitative estimate of drug-likeness (QED) is 0.278. The van der Waals surface area contributed by atoms with Crippen LogP contribution in [0, 0.1) is 11.6 Å². The second kappa shape index (κ2) is 10.7. The lowest BCUT2D eigenvalue weighted by Gasteiger charge is -2.17. The van der Waals surface area contributed by atoms with Gasteiger partial charge in [0.25, 0.3) is 0 Å². The first-order valence-corrected chi connectivity index (χ1v) is 10.4. The molecule has 0 aliphatic carbocycles. The highest BCUT2D eigenvalue weighted by molar-refractivity contribution is 5.90. The molecule has 5 nitrogen and oxygen atoms in total. The van der Waals surface area contributed by atoms with Crippen LogP contribution in [0.3, 0.4) is 0 Å². The number of hydrogen-bond donors (Lipinski definition) is 2. The zero-order valence-corrected chi connectivity index (χ0v) is 18.7. The Morgan fingerprint density at radius 2 is 1.74 bits per heavy atom. The van der Waals surface area contributed by atoms with Gasteiger partial charge in [-0.1, -0.05) is 12.1 Å². The molecule has 0 spiro atoms. The average Bonchev–Trinajstić information content (AvgIpc) is 2.82. The van der Waals surface area contributed by atoms with Crippen molar-refractivity contribution in [2.75, 3.05) is 20.3 Å². The van der Waals surface area contributed by atoms with Gasteiger partial charge < -0.3 is 19.9 Å². The minimum Gasteiger partial charge on any atom is -0.497 e. The topological polar surface area (TPSA) is 67.8 Å². The van der Waals surface area contributed by atoms with Gasteiger partial charge in [0.1, 0.15) is 18.1 Å². The summed E-state index contributed by atoms with van der Waals surface area (Å²) >= 11 is 0. The minimum absolute atomic E-state index is 0.00716. The summed E-state index contributed by atoms with van der Waals surface area (Å²) in [6, 6.07) is 11.4. The molecule has 2 N–H and O–H groups in total. The van der Waals surface area contributed by atoms with E-state index in [1.807, 2.05) is 25.1 Å². The molecule has 0 saturated carbocycles. The number of ether oxygens (including phenoxy) is 2. The van der Waals surface area contributed by atoms with Crippen LogP contribution in [0.25, 0.3) is 11.1 Å². The molecule has 0 amide bonds. The van der Waals surface area contributed by atoms with Crippen LogP contribution in [-0.4, -0.2) is 31.3 Å². The third-order valence-corrected chi connectivity index (χ3v) is 5.24. The number of halogens is 5. The number of benzene rings is 3. The molecule has 0 bridgehead atoms. The molecular weight excluding hydrogens is 473 g/mol. The third kappa shape index (κ3) is 6.48. The molecule has 35 heavy (non-hydrogen) atoms. The van der Waals surface area contributed by atoms with E-state index in [1.54, 1.807) is 13.2 Å². The molecule has 0 heterocycles. The fraction of sp³-hybridized carbons (Fsp3) is 0.240. The Bertz CT molecular complexity index is 1210. The first-order valence-electron chi connectivity index (χ1n) is 10.4. The highest BCUT2D eigenvalue weighted by Crippen LogP contribution is 2.36. The fourth-order valence-electron chi connectivity index (χ4n) is 3.40. The SMILES string of the molecule is COc1cccc(C(C)NCCOc2cc(-c3cc(F)c(F)c(C(=O)O)c3)cc(C(F)(F)F)c2)c1. The Balaban J connectivity index is 1.79.